The summed E-state index contributed by atoms with van der Waals surface area (Å²) < 4.78 is 37.4. The number of hydrogen-bond donors (Lipinski definition) is 1. The topological polar surface area (TPSA) is 73.6 Å². The van der Waals surface area contributed by atoms with Crippen LogP contribution in [-0.2, 0) is 0 Å². The lowest BCUT2D eigenvalue weighted by Gasteiger charge is -2.09. The number of halogens is 2. The van der Waals surface area contributed by atoms with Crippen LogP contribution in [0.15, 0.2) is 55.0 Å². The molecule has 7 nitrogen and oxygen atoms in total. The molecule has 1 fully saturated rings. The summed E-state index contributed by atoms with van der Waals surface area (Å²) in [6, 6.07) is 10.3. The van der Waals surface area contributed by atoms with Crippen molar-refractivity contribution in [2.24, 2.45) is 0 Å². The summed E-state index contributed by atoms with van der Waals surface area (Å²) in [5.41, 5.74) is 4.03. The van der Waals surface area contributed by atoms with E-state index in [1.807, 2.05) is 22.6 Å². The second kappa shape index (κ2) is 6.12. The van der Waals surface area contributed by atoms with Crippen LogP contribution in [-0.4, -0.2) is 25.6 Å². The maximum atomic E-state index is 13.2. The number of benzene rings is 1. The number of pyridine rings is 1. The average molecular weight is 407 g/mol. The summed E-state index contributed by atoms with van der Waals surface area (Å²) in [4.78, 5) is 13.6. The molecule has 0 unspecified atom stereocenters. The molecular weight excluding hydrogens is 392 g/mol. The van der Waals surface area contributed by atoms with E-state index in [1.54, 1.807) is 18.5 Å². The molecule has 0 radical (unpaired) electrons. The van der Waals surface area contributed by atoms with E-state index in [0.717, 1.165) is 17.0 Å². The number of anilines is 2. The Hall–Kier alpha value is -3.75. The number of nitrogens with one attached hydrogen (secondary N) is 1. The molecule has 1 aliphatic carbocycles. The van der Waals surface area contributed by atoms with Crippen molar-refractivity contribution in [2.45, 2.75) is 25.1 Å². The normalized spacial score (nSPS) is 16.7. The van der Waals surface area contributed by atoms with Crippen LogP contribution in [0.1, 0.15) is 24.5 Å². The molecule has 1 N–H and O–H groups in total. The molecular formula is C21H15F2N5O2. The highest BCUT2D eigenvalue weighted by molar-refractivity contribution is 5.65. The predicted molar refractivity (Wildman–Crippen MR) is 104 cm³/mol. The van der Waals surface area contributed by atoms with Crippen molar-refractivity contribution in [3.63, 3.8) is 0 Å². The summed E-state index contributed by atoms with van der Waals surface area (Å²) in [5.74, 6) is 0.974. The van der Waals surface area contributed by atoms with E-state index in [0.29, 0.717) is 23.1 Å². The van der Waals surface area contributed by atoms with Crippen LogP contribution in [0.25, 0.3) is 17.0 Å². The van der Waals surface area contributed by atoms with Gasteiger partial charge >= 0.3 is 6.29 Å². The van der Waals surface area contributed by atoms with Crippen molar-refractivity contribution in [3.05, 3.63) is 60.7 Å². The minimum absolute atomic E-state index is 0.0105. The Morgan fingerprint density at radius 1 is 1.03 bits per heavy atom. The zero-order valence-electron chi connectivity index (χ0n) is 15.5. The number of rotatable bonds is 4. The van der Waals surface area contributed by atoms with E-state index in [9.17, 15) is 8.78 Å². The van der Waals surface area contributed by atoms with Gasteiger partial charge in [0.2, 0.25) is 0 Å². The summed E-state index contributed by atoms with van der Waals surface area (Å²) >= 11 is 0. The predicted octanol–water partition coefficient (Wildman–Crippen LogP) is 4.73. The van der Waals surface area contributed by atoms with Crippen LogP contribution in [0.3, 0.4) is 0 Å². The van der Waals surface area contributed by atoms with Crippen LogP contribution in [0.2, 0.25) is 0 Å². The van der Waals surface area contributed by atoms with Crippen LogP contribution in [0.4, 0.5) is 20.3 Å². The molecule has 0 spiro atoms. The fraction of sp³-hybridized carbons (Fsp3) is 0.190. The first-order valence-electron chi connectivity index (χ1n) is 9.51. The highest BCUT2D eigenvalue weighted by Gasteiger charge is 2.43. The maximum Gasteiger partial charge on any atom is 0.586 e. The number of ether oxygens (including phenoxy) is 2. The molecule has 1 aromatic carbocycles. The van der Waals surface area contributed by atoms with Gasteiger partial charge in [-0.3, -0.25) is 9.38 Å². The van der Waals surface area contributed by atoms with E-state index in [-0.39, 0.29) is 11.5 Å². The van der Waals surface area contributed by atoms with Crippen LogP contribution < -0.4 is 14.8 Å². The van der Waals surface area contributed by atoms with Gasteiger partial charge in [0.15, 0.2) is 11.5 Å². The molecule has 30 heavy (non-hydrogen) atoms. The smallest absolute Gasteiger partial charge is 0.395 e. The monoisotopic (exact) mass is 407 g/mol. The number of imidazole rings is 1. The second-order valence-corrected chi connectivity index (χ2v) is 7.32. The lowest BCUT2D eigenvalue weighted by Crippen LogP contribution is -2.25. The minimum atomic E-state index is -3.65. The quantitative estimate of drug-likeness (QED) is 0.527. The lowest BCUT2D eigenvalue weighted by molar-refractivity contribution is -0.286. The Morgan fingerprint density at radius 2 is 1.90 bits per heavy atom. The SMILES string of the molecule is FC1(F)Oc2ccc(Nc3cncc(-c4cccc5nc(C6CC6)cn45)n3)cc2O1. The van der Waals surface area contributed by atoms with E-state index in [1.165, 1.54) is 25.0 Å². The van der Waals surface area contributed by atoms with Crippen molar-refractivity contribution < 1.29 is 18.3 Å². The van der Waals surface area contributed by atoms with Gasteiger partial charge in [-0.1, -0.05) is 6.07 Å². The highest BCUT2D eigenvalue weighted by Crippen LogP contribution is 2.42. The van der Waals surface area contributed by atoms with E-state index in [2.05, 4.69) is 31.0 Å². The van der Waals surface area contributed by atoms with Gasteiger partial charge in [-0.25, -0.2) is 9.97 Å². The maximum absolute atomic E-state index is 13.2. The lowest BCUT2D eigenvalue weighted by atomic mass is 10.2. The van der Waals surface area contributed by atoms with Gasteiger partial charge in [0.1, 0.15) is 17.2 Å². The molecule has 1 saturated carbocycles. The van der Waals surface area contributed by atoms with Crippen molar-refractivity contribution in [3.8, 4) is 22.9 Å². The fourth-order valence-electron chi connectivity index (χ4n) is 3.54. The molecule has 6 rings (SSSR count). The standard InChI is InChI=1S/C21H15F2N5O2/c22-21(23)29-17-7-6-13(8-18(17)30-21)25-19-10-24-9-14(26-19)16-2-1-3-20-27-15(11-28(16)20)12-4-5-12/h1-3,6-12H,4-5H2,(H,25,26). The van der Waals surface area contributed by atoms with Crippen molar-refractivity contribution in [2.75, 3.05) is 5.32 Å². The van der Waals surface area contributed by atoms with E-state index >= 15 is 0 Å². The van der Waals surface area contributed by atoms with Crippen LogP contribution in [0, 0.1) is 0 Å². The third-order valence-electron chi connectivity index (χ3n) is 5.08. The van der Waals surface area contributed by atoms with Crippen molar-refractivity contribution in [1.82, 2.24) is 19.4 Å². The molecule has 3 aromatic heterocycles. The van der Waals surface area contributed by atoms with E-state index in [4.69, 9.17) is 4.98 Å². The van der Waals surface area contributed by atoms with Gasteiger partial charge in [-0.05, 0) is 37.1 Å². The van der Waals surface area contributed by atoms with Gasteiger partial charge in [-0.2, -0.15) is 0 Å². The van der Waals surface area contributed by atoms with Crippen LogP contribution >= 0.6 is 0 Å². The third-order valence-corrected chi connectivity index (χ3v) is 5.08. The molecule has 150 valence electrons. The second-order valence-electron chi connectivity index (χ2n) is 7.32. The third kappa shape index (κ3) is 2.99. The summed E-state index contributed by atoms with van der Waals surface area (Å²) in [7, 11) is 0. The summed E-state index contributed by atoms with van der Waals surface area (Å²) in [6.45, 7) is 0. The number of hydrogen-bond acceptors (Lipinski definition) is 6. The Balaban J connectivity index is 1.32. The summed E-state index contributed by atoms with van der Waals surface area (Å²) in [6.07, 6.45) is 4.01. The number of alkyl halides is 2. The zero-order chi connectivity index (χ0) is 20.3. The Labute approximate surface area is 169 Å². The zero-order valence-corrected chi connectivity index (χ0v) is 15.5. The average Bonchev–Trinajstić information content (AvgIpc) is 3.40. The minimum Gasteiger partial charge on any atom is -0.395 e. The van der Waals surface area contributed by atoms with E-state index < -0.39 is 6.29 Å². The molecule has 0 bridgehead atoms. The molecule has 9 heteroatoms. The molecule has 4 aromatic rings. The number of fused-ring (bicyclic) bond motifs is 2. The first kappa shape index (κ1) is 17.1. The molecule has 0 amide bonds. The molecule has 0 atom stereocenters. The number of aromatic nitrogens is 4. The van der Waals surface area contributed by atoms with Gasteiger partial charge in [-0.15, -0.1) is 8.78 Å². The Bertz CT molecular complexity index is 1290. The summed E-state index contributed by atoms with van der Waals surface area (Å²) in [5, 5.41) is 3.07. The largest absolute Gasteiger partial charge is 0.586 e. The molecule has 0 saturated heterocycles. The van der Waals surface area contributed by atoms with Gasteiger partial charge < -0.3 is 14.8 Å². The first-order chi connectivity index (χ1) is 14.5. The number of nitrogens with zero attached hydrogens (tertiary/aromatic N) is 4. The van der Waals surface area contributed by atoms with Gasteiger partial charge in [0, 0.05) is 23.9 Å². The molecule has 1 aliphatic heterocycles. The van der Waals surface area contributed by atoms with Crippen molar-refractivity contribution in [1.29, 1.82) is 0 Å². The molecule has 2 aliphatic rings. The molecule has 4 heterocycles. The van der Waals surface area contributed by atoms with Gasteiger partial charge in [0.05, 0.1) is 23.8 Å². The van der Waals surface area contributed by atoms with Gasteiger partial charge in [0.25, 0.3) is 0 Å². The highest BCUT2D eigenvalue weighted by atomic mass is 19.3. The first-order valence-corrected chi connectivity index (χ1v) is 9.51. The Morgan fingerprint density at radius 3 is 2.77 bits per heavy atom. The van der Waals surface area contributed by atoms with Crippen molar-refractivity contribution >= 4 is 17.2 Å². The fourth-order valence-corrected chi connectivity index (χ4v) is 3.54. The Kier molecular flexibility index (Phi) is 3.50. The van der Waals surface area contributed by atoms with Crippen LogP contribution in [0.5, 0.6) is 11.5 Å².